The van der Waals surface area contributed by atoms with Crippen LogP contribution in [0.1, 0.15) is 51.1 Å². The molecular weight excluding hydrogens is 280 g/mol. The first-order valence-corrected chi connectivity index (χ1v) is 8.37. The zero-order valence-electron chi connectivity index (χ0n) is 13.5. The van der Waals surface area contributed by atoms with Gasteiger partial charge in [-0.05, 0) is 25.7 Å². The van der Waals surface area contributed by atoms with Crippen LogP contribution in [-0.4, -0.2) is 34.1 Å². The maximum Gasteiger partial charge on any atom is 0.319 e. The van der Waals surface area contributed by atoms with E-state index < -0.39 is 0 Å². The molecule has 1 aromatic rings. The highest BCUT2D eigenvalue weighted by Crippen LogP contribution is 2.39. The summed E-state index contributed by atoms with van der Waals surface area (Å²) in [5.74, 6) is 0. The van der Waals surface area contributed by atoms with Gasteiger partial charge in [0.2, 0.25) is 0 Å². The molecule has 1 atom stereocenters. The summed E-state index contributed by atoms with van der Waals surface area (Å²) < 4.78 is 7.77. The summed E-state index contributed by atoms with van der Waals surface area (Å²) in [6, 6.07) is -0.0299. The lowest BCUT2D eigenvalue weighted by atomic mass is 9.80. The Balaban J connectivity index is 1.63. The van der Waals surface area contributed by atoms with Crippen LogP contribution in [0.25, 0.3) is 0 Å². The third-order valence-electron chi connectivity index (χ3n) is 4.92. The lowest BCUT2D eigenvalue weighted by Gasteiger charge is -2.37. The smallest absolute Gasteiger partial charge is 0.319 e. The Morgan fingerprint density at radius 3 is 2.95 bits per heavy atom. The molecule has 1 aliphatic heterocycles. The van der Waals surface area contributed by atoms with Gasteiger partial charge in [-0.15, -0.1) is 0 Å². The number of hydrogen-bond acceptors (Lipinski definition) is 3. The number of aromatic nitrogens is 2. The van der Waals surface area contributed by atoms with Crippen LogP contribution in [-0.2, 0) is 18.2 Å². The molecule has 1 aliphatic carbocycles. The molecule has 1 aromatic heterocycles. The third-order valence-corrected chi connectivity index (χ3v) is 4.92. The second-order valence-corrected chi connectivity index (χ2v) is 6.43. The van der Waals surface area contributed by atoms with Gasteiger partial charge in [0.25, 0.3) is 0 Å². The van der Waals surface area contributed by atoms with Gasteiger partial charge in [0.1, 0.15) is 0 Å². The van der Waals surface area contributed by atoms with Crippen LogP contribution in [0, 0.1) is 0 Å². The number of nitrogens with one attached hydrogen (secondary N) is 2. The molecule has 2 heterocycles. The van der Waals surface area contributed by atoms with E-state index in [2.05, 4.69) is 15.7 Å². The molecule has 1 saturated carbocycles. The van der Waals surface area contributed by atoms with Crippen LogP contribution in [0.15, 0.2) is 6.20 Å². The largest absolute Gasteiger partial charge is 0.373 e. The van der Waals surface area contributed by atoms with Crippen molar-refractivity contribution in [3.05, 3.63) is 11.9 Å². The summed E-state index contributed by atoms with van der Waals surface area (Å²) in [6.07, 6.45) is 9.34. The van der Waals surface area contributed by atoms with Gasteiger partial charge in [0, 0.05) is 19.9 Å². The number of aryl methyl sites for hydroxylation is 2. The quantitative estimate of drug-likeness (QED) is 0.902. The van der Waals surface area contributed by atoms with E-state index in [0.29, 0.717) is 0 Å². The number of urea groups is 1. The van der Waals surface area contributed by atoms with Crippen LogP contribution in [0.5, 0.6) is 0 Å². The average molecular weight is 306 g/mol. The van der Waals surface area contributed by atoms with Gasteiger partial charge in [0.05, 0.1) is 23.0 Å². The van der Waals surface area contributed by atoms with Crippen molar-refractivity contribution >= 4 is 11.7 Å². The van der Waals surface area contributed by atoms with Gasteiger partial charge in [-0.1, -0.05) is 26.2 Å². The van der Waals surface area contributed by atoms with Gasteiger partial charge in [-0.3, -0.25) is 4.68 Å². The van der Waals surface area contributed by atoms with Crippen LogP contribution < -0.4 is 10.6 Å². The summed E-state index contributed by atoms with van der Waals surface area (Å²) in [4.78, 5) is 12.4. The van der Waals surface area contributed by atoms with E-state index in [1.54, 1.807) is 4.68 Å². The summed E-state index contributed by atoms with van der Waals surface area (Å²) in [7, 11) is 1.87. The molecule has 0 aromatic carbocycles. The monoisotopic (exact) mass is 306 g/mol. The van der Waals surface area contributed by atoms with Gasteiger partial charge in [-0.25, -0.2) is 4.79 Å². The minimum Gasteiger partial charge on any atom is -0.373 e. The van der Waals surface area contributed by atoms with Crippen molar-refractivity contribution in [3.63, 3.8) is 0 Å². The second kappa shape index (κ2) is 6.28. The first kappa shape index (κ1) is 15.3. The maximum atomic E-state index is 12.4. The van der Waals surface area contributed by atoms with Crippen molar-refractivity contribution in [2.75, 3.05) is 11.9 Å². The predicted molar refractivity (Wildman–Crippen MR) is 84.9 cm³/mol. The lowest BCUT2D eigenvalue weighted by molar-refractivity contribution is -0.0365. The van der Waals surface area contributed by atoms with E-state index in [0.717, 1.165) is 43.7 Å². The minimum absolute atomic E-state index is 0.120. The van der Waals surface area contributed by atoms with Gasteiger partial charge in [-0.2, -0.15) is 5.10 Å². The predicted octanol–water partition coefficient (Wildman–Crippen LogP) is 2.60. The number of hydrogen-bond donors (Lipinski definition) is 2. The zero-order chi connectivity index (χ0) is 15.6. The summed E-state index contributed by atoms with van der Waals surface area (Å²) in [5.41, 5.74) is 1.57. The molecule has 2 fully saturated rings. The first-order chi connectivity index (χ1) is 10.6. The average Bonchev–Trinajstić information content (AvgIpc) is 3.04. The van der Waals surface area contributed by atoms with E-state index in [1.807, 2.05) is 20.2 Å². The molecule has 1 unspecified atom stereocenters. The topological polar surface area (TPSA) is 68.2 Å². The summed E-state index contributed by atoms with van der Waals surface area (Å²) in [6.45, 7) is 2.78. The molecule has 6 heteroatoms. The minimum atomic E-state index is -0.150. The van der Waals surface area contributed by atoms with E-state index in [4.69, 9.17) is 4.74 Å². The van der Waals surface area contributed by atoms with Crippen LogP contribution in [0.3, 0.4) is 0 Å². The highest BCUT2D eigenvalue weighted by Gasteiger charge is 2.45. The van der Waals surface area contributed by atoms with Crippen LogP contribution in [0.2, 0.25) is 0 Å². The second-order valence-electron chi connectivity index (χ2n) is 6.43. The first-order valence-electron chi connectivity index (χ1n) is 8.37. The molecule has 0 radical (unpaired) electrons. The SMILES string of the molecule is CCc1nn(C)cc1NC(=O)NC1CCOC12CCCCC2. The molecule has 6 nitrogen and oxygen atoms in total. The molecule has 2 amide bonds. The fourth-order valence-corrected chi connectivity index (χ4v) is 3.81. The summed E-state index contributed by atoms with van der Waals surface area (Å²) >= 11 is 0. The fraction of sp³-hybridized carbons (Fsp3) is 0.750. The molecule has 2 aliphatic rings. The van der Waals surface area contributed by atoms with Crippen molar-refractivity contribution in [1.82, 2.24) is 15.1 Å². The van der Waals surface area contributed by atoms with Crippen molar-refractivity contribution in [1.29, 1.82) is 0 Å². The molecule has 0 bridgehead atoms. The number of amides is 2. The number of carbonyl (C=O) groups is 1. The molecule has 122 valence electrons. The molecule has 2 N–H and O–H groups in total. The number of rotatable bonds is 3. The number of anilines is 1. The van der Waals surface area contributed by atoms with E-state index in [-0.39, 0.29) is 17.7 Å². The Bertz CT molecular complexity index is 534. The van der Waals surface area contributed by atoms with Crippen molar-refractivity contribution < 1.29 is 9.53 Å². The van der Waals surface area contributed by atoms with Crippen LogP contribution in [0.4, 0.5) is 10.5 Å². The highest BCUT2D eigenvalue weighted by molar-refractivity contribution is 5.90. The highest BCUT2D eigenvalue weighted by atomic mass is 16.5. The molecule has 3 rings (SSSR count). The van der Waals surface area contributed by atoms with Crippen molar-refractivity contribution in [2.24, 2.45) is 7.05 Å². The van der Waals surface area contributed by atoms with Crippen molar-refractivity contribution in [3.8, 4) is 0 Å². The Morgan fingerprint density at radius 1 is 1.45 bits per heavy atom. The maximum absolute atomic E-state index is 12.4. The fourth-order valence-electron chi connectivity index (χ4n) is 3.81. The van der Waals surface area contributed by atoms with E-state index in [9.17, 15) is 4.79 Å². The number of carbonyl (C=O) groups excluding carboxylic acids is 1. The van der Waals surface area contributed by atoms with Gasteiger partial charge in [0.15, 0.2) is 0 Å². The Labute approximate surface area is 131 Å². The Hall–Kier alpha value is -1.56. The Kier molecular flexibility index (Phi) is 4.38. The molecule has 22 heavy (non-hydrogen) atoms. The van der Waals surface area contributed by atoms with Gasteiger partial charge < -0.3 is 15.4 Å². The molecule has 1 saturated heterocycles. The lowest BCUT2D eigenvalue weighted by Crippen LogP contribution is -2.52. The summed E-state index contributed by atoms with van der Waals surface area (Å²) in [5, 5.41) is 10.4. The third kappa shape index (κ3) is 2.97. The van der Waals surface area contributed by atoms with Crippen LogP contribution >= 0.6 is 0 Å². The van der Waals surface area contributed by atoms with E-state index >= 15 is 0 Å². The number of ether oxygens (including phenoxy) is 1. The van der Waals surface area contributed by atoms with E-state index in [1.165, 1.54) is 19.3 Å². The zero-order valence-corrected chi connectivity index (χ0v) is 13.5. The molecular formula is C16H26N4O2. The van der Waals surface area contributed by atoms with Gasteiger partial charge >= 0.3 is 6.03 Å². The van der Waals surface area contributed by atoms with Crippen molar-refractivity contribution in [2.45, 2.75) is 63.5 Å². The standard InChI is InChI=1S/C16H26N4O2/c1-3-12-13(11-20(2)19-12)17-15(21)18-14-7-10-22-16(14)8-5-4-6-9-16/h11,14H,3-10H2,1-2H3,(H2,17,18,21). The number of nitrogens with zero attached hydrogens (tertiary/aromatic N) is 2. The Morgan fingerprint density at radius 2 is 2.23 bits per heavy atom. The molecule has 1 spiro atoms. The normalized spacial score (nSPS) is 23.6.